The third-order valence-corrected chi connectivity index (χ3v) is 7.34. The Morgan fingerprint density at radius 1 is 1.16 bits per heavy atom. The molecule has 4 rings (SSSR count). The SMILES string of the molecule is CC(C)(C)OC(=O)N(c1cscn1)S(=O)(=O)c1cc(Cl)c(Oc2cnc(Cl)cc2-c2ccoc2)cc1F. The number of pyridine rings is 1. The molecule has 0 atom stereocenters. The molecule has 3 heterocycles. The third kappa shape index (κ3) is 5.87. The monoisotopic (exact) mass is 585 g/mol. The number of carbonyl (C=O) groups excluding carboxylic acids is 1. The van der Waals surface area contributed by atoms with Crippen LogP contribution in [0.4, 0.5) is 15.0 Å². The van der Waals surface area contributed by atoms with Crippen molar-refractivity contribution in [3.8, 4) is 22.6 Å². The number of ether oxygens (including phenoxy) is 2. The van der Waals surface area contributed by atoms with Crippen molar-refractivity contribution in [2.24, 2.45) is 0 Å². The number of amides is 1. The normalized spacial score (nSPS) is 11.8. The van der Waals surface area contributed by atoms with Crippen LogP contribution in [0, 0.1) is 5.82 Å². The van der Waals surface area contributed by atoms with E-state index < -0.39 is 32.4 Å². The van der Waals surface area contributed by atoms with E-state index >= 15 is 4.39 Å². The molecule has 0 N–H and O–H groups in total. The molecule has 0 aliphatic rings. The van der Waals surface area contributed by atoms with E-state index in [2.05, 4.69) is 9.97 Å². The maximum absolute atomic E-state index is 15.3. The average molecular weight is 586 g/mol. The van der Waals surface area contributed by atoms with Gasteiger partial charge in [-0.25, -0.2) is 27.6 Å². The molecule has 37 heavy (non-hydrogen) atoms. The van der Waals surface area contributed by atoms with Crippen LogP contribution in [0.25, 0.3) is 11.1 Å². The van der Waals surface area contributed by atoms with E-state index in [0.717, 1.165) is 23.5 Å². The molecular weight excluding hydrogens is 568 g/mol. The predicted molar refractivity (Wildman–Crippen MR) is 136 cm³/mol. The van der Waals surface area contributed by atoms with Gasteiger partial charge in [0.05, 0.1) is 29.3 Å². The van der Waals surface area contributed by atoms with E-state index in [4.69, 9.17) is 37.1 Å². The standard InChI is InChI=1S/C23H18Cl2FN3O6S2/c1-23(2,3)35-22(30)29(21-11-36-12-28-21)37(31,32)19-7-15(24)17(8-16(19)26)34-18-9-27-20(25)6-14(18)13-4-5-33-10-13/h4-12H,1-3H3. The highest BCUT2D eigenvalue weighted by molar-refractivity contribution is 7.93. The first-order valence-electron chi connectivity index (χ1n) is 10.4. The molecule has 0 aliphatic carbocycles. The number of carbonyl (C=O) groups is 1. The molecule has 0 radical (unpaired) electrons. The predicted octanol–water partition coefficient (Wildman–Crippen LogP) is 7.17. The van der Waals surface area contributed by atoms with Crippen LogP contribution in [0.2, 0.25) is 10.2 Å². The number of sulfonamides is 1. The van der Waals surface area contributed by atoms with Crippen molar-refractivity contribution in [2.75, 3.05) is 4.31 Å². The fourth-order valence-corrected chi connectivity index (χ4v) is 5.43. The Hall–Kier alpha value is -3.19. The van der Waals surface area contributed by atoms with E-state index in [1.807, 2.05) is 0 Å². The molecule has 0 saturated carbocycles. The second kappa shape index (κ2) is 10.3. The van der Waals surface area contributed by atoms with Gasteiger partial charge in [0.25, 0.3) is 10.0 Å². The van der Waals surface area contributed by atoms with Gasteiger partial charge in [-0.15, -0.1) is 15.6 Å². The highest BCUT2D eigenvalue weighted by Gasteiger charge is 2.38. The number of rotatable bonds is 6. The zero-order valence-electron chi connectivity index (χ0n) is 19.4. The van der Waals surface area contributed by atoms with Crippen molar-refractivity contribution in [3.63, 3.8) is 0 Å². The van der Waals surface area contributed by atoms with Crippen molar-refractivity contribution in [3.05, 3.63) is 69.9 Å². The first-order chi connectivity index (χ1) is 17.4. The molecule has 0 saturated heterocycles. The molecule has 4 aromatic rings. The minimum atomic E-state index is -4.84. The van der Waals surface area contributed by atoms with Crippen LogP contribution in [0.3, 0.4) is 0 Å². The van der Waals surface area contributed by atoms with E-state index in [9.17, 15) is 13.2 Å². The minimum Gasteiger partial charge on any atom is -0.472 e. The number of nitrogens with zero attached hydrogens (tertiary/aromatic N) is 3. The Labute approximate surface area is 225 Å². The van der Waals surface area contributed by atoms with Crippen LogP contribution < -0.4 is 9.04 Å². The Morgan fingerprint density at radius 3 is 2.54 bits per heavy atom. The zero-order chi connectivity index (χ0) is 27.0. The van der Waals surface area contributed by atoms with Crippen molar-refractivity contribution in [1.82, 2.24) is 9.97 Å². The Morgan fingerprint density at radius 2 is 1.92 bits per heavy atom. The summed E-state index contributed by atoms with van der Waals surface area (Å²) in [7, 11) is -4.84. The lowest BCUT2D eigenvalue weighted by Crippen LogP contribution is -2.41. The summed E-state index contributed by atoms with van der Waals surface area (Å²) in [6.45, 7) is 4.68. The van der Waals surface area contributed by atoms with Crippen LogP contribution in [-0.2, 0) is 14.8 Å². The molecule has 194 valence electrons. The maximum Gasteiger partial charge on any atom is 0.430 e. The maximum atomic E-state index is 15.3. The van der Waals surface area contributed by atoms with Gasteiger partial charge in [-0.3, -0.25) is 0 Å². The summed E-state index contributed by atoms with van der Waals surface area (Å²) in [6.07, 6.45) is 2.93. The number of anilines is 1. The van der Waals surface area contributed by atoms with Gasteiger partial charge in [-0.2, -0.15) is 0 Å². The van der Waals surface area contributed by atoms with Gasteiger partial charge in [0.15, 0.2) is 11.6 Å². The molecule has 3 aromatic heterocycles. The van der Waals surface area contributed by atoms with E-state index in [1.165, 1.54) is 35.7 Å². The molecule has 0 spiro atoms. The quantitative estimate of drug-likeness (QED) is 0.219. The second-order valence-corrected chi connectivity index (χ2v) is 11.7. The molecule has 0 bridgehead atoms. The van der Waals surface area contributed by atoms with Gasteiger partial charge in [0, 0.05) is 22.6 Å². The molecule has 14 heteroatoms. The number of thiazole rings is 1. The number of benzene rings is 1. The molecule has 1 amide bonds. The Kier molecular flexibility index (Phi) is 7.47. The Bertz CT molecular complexity index is 1540. The highest BCUT2D eigenvalue weighted by Crippen LogP contribution is 2.39. The fourth-order valence-electron chi connectivity index (χ4n) is 3.07. The van der Waals surface area contributed by atoms with Gasteiger partial charge in [0.2, 0.25) is 0 Å². The summed E-state index contributed by atoms with van der Waals surface area (Å²) in [4.78, 5) is 19.8. The molecule has 1 aromatic carbocycles. The van der Waals surface area contributed by atoms with E-state index in [-0.39, 0.29) is 31.8 Å². The minimum absolute atomic E-state index is 0.153. The van der Waals surface area contributed by atoms with E-state index in [0.29, 0.717) is 11.1 Å². The lowest BCUT2D eigenvalue weighted by Gasteiger charge is -2.26. The summed E-state index contributed by atoms with van der Waals surface area (Å²) in [5.41, 5.74) is 1.36. The lowest BCUT2D eigenvalue weighted by atomic mass is 10.1. The van der Waals surface area contributed by atoms with E-state index in [1.54, 1.807) is 26.8 Å². The lowest BCUT2D eigenvalue weighted by molar-refractivity contribution is 0.0608. The van der Waals surface area contributed by atoms with Crippen LogP contribution in [0.5, 0.6) is 11.5 Å². The van der Waals surface area contributed by atoms with Crippen molar-refractivity contribution < 1.29 is 31.5 Å². The number of hydrogen-bond acceptors (Lipinski definition) is 9. The summed E-state index contributed by atoms with van der Waals surface area (Å²) in [5.74, 6) is -1.54. The largest absolute Gasteiger partial charge is 0.472 e. The summed E-state index contributed by atoms with van der Waals surface area (Å²) in [5, 5.41) is 1.23. The van der Waals surface area contributed by atoms with Gasteiger partial charge in [-0.1, -0.05) is 23.2 Å². The summed E-state index contributed by atoms with van der Waals surface area (Å²) < 4.78 is 58.6. The fraction of sp³-hybridized carbons (Fsp3) is 0.174. The number of halogens is 3. The molecular formula is C23H18Cl2FN3O6S2. The van der Waals surface area contributed by atoms with Gasteiger partial charge in [-0.05, 0) is 39.0 Å². The van der Waals surface area contributed by atoms with Crippen LogP contribution in [-0.4, -0.2) is 30.1 Å². The van der Waals surface area contributed by atoms with Crippen molar-refractivity contribution in [2.45, 2.75) is 31.3 Å². The van der Waals surface area contributed by atoms with Gasteiger partial charge in [0.1, 0.15) is 27.2 Å². The van der Waals surface area contributed by atoms with Gasteiger partial charge >= 0.3 is 6.09 Å². The molecule has 0 aliphatic heterocycles. The topological polar surface area (TPSA) is 112 Å². The third-order valence-electron chi connectivity index (χ3n) is 4.58. The number of furan rings is 1. The first-order valence-corrected chi connectivity index (χ1v) is 13.5. The van der Waals surface area contributed by atoms with Crippen LogP contribution in [0.15, 0.2) is 63.2 Å². The zero-order valence-corrected chi connectivity index (χ0v) is 22.6. The molecule has 0 unspecified atom stereocenters. The van der Waals surface area contributed by atoms with Crippen molar-refractivity contribution in [1.29, 1.82) is 0 Å². The molecule has 9 nitrogen and oxygen atoms in total. The number of hydrogen-bond donors (Lipinski definition) is 0. The second-order valence-electron chi connectivity index (χ2n) is 8.43. The van der Waals surface area contributed by atoms with Gasteiger partial charge < -0.3 is 13.9 Å². The smallest absolute Gasteiger partial charge is 0.430 e. The molecule has 0 fully saturated rings. The Balaban J connectivity index is 1.74. The van der Waals surface area contributed by atoms with Crippen LogP contribution >= 0.6 is 34.5 Å². The first kappa shape index (κ1) is 26.9. The highest BCUT2D eigenvalue weighted by atomic mass is 35.5. The number of aromatic nitrogens is 2. The summed E-state index contributed by atoms with van der Waals surface area (Å²) >= 11 is 13.4. The average Bonchev–Trinajstić information content (AvgIpc) is 3.50. The summed E-state index contributed by atoms with van der Waals surface area (Å²) in [6, 6.07) is 4.79. The van der Waals surface area contributed by atoms with Crippen molar-refractivity contribution >= 4 is 56.5 Å². The van der Waals surface area contributed by atoms with Crippen LogP contribution in [0.1, 0.15) is 20.8 Å².